The summed E-state index contributed by atoms with van der Waals surface area (Å²) in [5, 5.41) is 3.96. The summed E-state index contributed by atoms with van der Waals surface area (Å²) in [5.41, 5.74) is 2.19. The summed E-state index contributed by atoms with van der Waals surface area (Å²) in [6.07, 6.45) is 0. The van der Waals surface area contributed by atoms with Gasteiger partial charge in [-0.15, -0.1) is 11.3 Å². The third kappa shape index (κ3) is 3.44. The first-order chi connectivity index (χ1) is 13.9. The molecule has 0 saturated heterocycles. The van der Waals surface area contributed by atoms with Gasteiger partial charge in [-0.05, 0) is 38.5 Å². The third-order valence-electron chi connectivity index (χ3n) is 4.97. The molecule has 2 aromatic heterocycles. The van der Waals surface area contributed by atoms with Crippen LogP contribution < -0.4 is 15.8 Å². The van der Waals surface area contributed by atoms with E-state index in [4.69, 9.17) is 0 Å². The topological polar surface area (TPSA) is 84.3 Å². The lowest BCUT2D eigenvalue weighted by Gasteiger charge is -2.29. The van der Waals surface area contributed by atoms with E-state index < -0.39 is 0 Å². The molecule has 0 bridgehead atoms. The van der Waals surface area contributed by atoms with E-state index in [-0.39, 0.29) is 29.7 Å². The van der Waals surface area contributed by atoms with Crippen LogP contribution in [0.4, 0.5) is 11.4 Å². The SMILES string of the molecule is CCn1c(SCC(=O)N2CC(=O)Nc3ccccc32)nc2sc(C)c(C)c2c1=O. The summed E-state index contributed by atoms with van der Waals surface area (Å²) in [4.78, 5) is 45.7. The standard InChI is InChI=1S/C20H20N4O3S2/c1-4-23-19(27)17-11(2)12(3)29-18(17)22-20(23)28-10-16(26)24-9-15(25)21-13-7-5-6-8-14(13)24/h5-8H,4,9-10H2,1-3H3,(H,21,25). The average molecular weight is 429 g/mol. The van der Waals surface area contributed by atoms with Crippen LogP contribution in [0.15, 0.2) is 34.2 Å². The molecule has 2 amide bonds. The van der Waals surface area contributed by atoms with Crippen molar-refractivity contribution in [2.45, 2.75) is 32.5 Å². The number of anilines is 2. The van der Waals surface area contributed by atoms with E-state index in [0.717, 1.165) is 10.4 Å². The normalized spacial score (nSPS) is 13.5. The molecule has 1 N–H and O–H groups in total. The molecule has 0 spiro atoms. The Morgan fingerprint density at radius 1 is 1.28 bits per heavy atom. The Hall–Kier alpha value is -2.65. The Morgan fingerprint density at radius 3 is 2.79 bits per heavy atom. The highest BCUT2D eigenvalue weighted by Crippen LogP contribution is 2.31. The lowest BCUT2D eigenvalue weighted by molar-refractivity contribution is -0.120. The van der Waals surface area contributed by atoms with Crippen molar-refractivity contribution in [2.24, 2.45) is 0 Å². The number of hydrogen-bond acceptors (Lipinski definition) is 6. The number of para-hydroxylation sites is 2. The highest BCUT2D eigenvalue weighted by molar-refractivity contribution is 7.99. The van der Waals surface area contributed by atoms with E-state index >= 15 is 0 Å². The zero-order valence-electron chi connectivity index (χ0n) is 16.3. The molecule has 9 heteroatoms. The van der Waals surface area contributed by atoms with Crippen LogP contribution in [-0.4, -0.2) is 33.7 Å². The summed E-state index contributed by atoms with van der Waals surface area (Å²) in [6, 6.07) is 7.22. The fourth-order valence-electron chi connectivity index (χ4n) is 3.36. The number of aromatic nitrogens is 2. The Balaban J connectivity index is 1.63. The second-order valence-corrected chi connectivity index (χ2v) is 8.89. The molecular weight excluding hydrogens is 408 g/mol. The monoisotopic (exact) mass is 428 g/mol. The van der Waals surface area contributed by atoms with Gasteiger partial charge in [-0.2, -0.15) is 0 Å². The lowest BCUT2D eigenvalue weighted by atomic mass is 10.2. The van der Waals surface area contributed by atoms with Crippen molar-refractivity contribution in [3.05, 3.63) is 45.1 Å². The minimum atomic E-state index is -0.225. The predicted molar refractivity (Wildman–Crippen MR) is 117 cm³/mol. The summed E-state index contributed by atoms with van der Waals surface area (Å²) in [6.45, 7) is 6.26. The van der Waals surface area contributed by atoms with E-state index in [2.05, 4.69) is 10.3 Å². The van der Waals surface area contributed by atoms with Crippen molar-refractivity contribution < 1.29 is 9.59 Å². The number of benzene rings is 1. The molecule has 0 unspecified atom stereocenters. The Bertz CT molecular complexity index is 1200. The molecule has 0 radical (unpaired) electrons. The number of aryl methyl sites for hydroxylation is 2. The van der Waals surface area contributed by atoms with Gasteiger partial charge in [-0.3, -0.25) is 19.0 Å². The van der Waals surface area contributed by atoms with Gasteiger partial charge in [0.1, 0.15) is 11.4 Å². The molecule has 29 heavy (non-hydrogen) atoms. The minimum Gasteiger partial charge on any atom is -0.323 e. The molecule has 4 rings (SSSR count). The number of nitrogens with one attached hydrogen (secondary N) is 1. The van der Waals surface area contributed by atoms with Crippen LogP contribution in [0, 0.1) is 13.8 Å². The van der Waals surface area contributed by atoms with E-state index in [1.807, 2.05) is 32.9 Å². The Morgan fingerprint density at radius 2 is 2.03 bits per heavy atom. The van der Waals surface area contributed by atoms with Crippen LogP contribution in [0.25, 0.3) is 10.2 Å². The molecule has 150 valence electrons. The zero-order valence-corrected chi connectivity index (χ0v) is 17.9. The molecule has 3 heterocycles. The van der Waals surface area contributed by atoms with Gasteiger partial charge < -0.3 is 10.2 Å². The summed E-state index contributed by atoms with van der Waals surface area (Å²) >= 11 is 2.72. The molecule has 0 saturated carbocycles. The van der Waals surface area contributed by atoms with Crippen LogP contribution >= 0.6 is 23.1 Å². The fraction of sp³-hybridized carbons (Fsp3) is 0.300. The molecule has 0 aliphatic carbocycles. The first-order valence-corrected chi connectivity index (χ1v) is 11.0. The molecule has 1 aliphatic rings. The van der Waals surface area contributed by atoms with Gasteiger partial charge in [-0.25, -0.2) is 4.98 Å². The van der Waals surface area contributed by atoms with Crippen molar-refractivity contribution in [2.75, 3.05) is 22.5 Å². The van der Waals surface area contributed by atoms with Crippen LogP contribution in [0.2, 0.25) is 0 Å². The number of carbonyl (C=O) groups excluding carboxylic acids is 2. The van der Waals surface area contributed by atoms with Crippen LogP contribution in [0.3, 0.4) is 0 Å². The van der Waals surface area contributed by atoms with Crippen LogP contribution in [0.5, 0.6) is 0 Å². The second kappa shape index (κ2) is 7.64. The smallest absolute Gasteiger partial charge is 0.263 e. The molecule has 0 fully saturated rings. The number of fused-ring (bicyclic) bond motifs is 2. The Labute approximate surface area is 175 Å². The number of thiophene rings is 1. The highest BCUT2D eigenvalue weighted by Gasteiger charge is 2.27. The number of rotatable bonds is 4. The van der Waals surface area contributed by atoms with E-state index in [0.29, 0.717) is 33.3 Å². The molecular formula is C20H20N4O3S2. The molecule has 3 aromatic rings. The first kappa shape index (κ1) is 19.7. The van der Waals surface area contributed by atoms with Crippen molar-refractivity contribution in [3.8, 4) is 0 Å². The predicted octanol–water partition coefficient (Wildman–Crippen LogP) is 3.17. The maximum atomic E-state index is 12.9. The number of thioether (sulfide) groups is 1. The van der Waals surface area contributed by atoms with Crippen molar-refractivity contribution in [1.29, 1.82) is 0 Å². The van der Waals surface area contributed by atoms with Crippen molar-refractivity contribution in [1.82, 2.24) is 9.55 Å². The lowest BCUT2D eigenvalue weighted by Crippen LogP contribution is -2.43. The molecule has 1 aromatic carbocycles. The number of amides is 2. The van der Waals surface area contributed by atoms with Crippen molar-refractivity contribution in [3.63, 3.8) is 0 Å². The second-order valence-electron chi connectivity index (χ2n) is 6.74. The van der Waals surface area contributed by atoms with E-state index in [1.54, 1.807) is 16.7 Å². The third-order valence-corrected chi connectivity index (χ3v) is 7.03. The molecule has 1 aliphatic heterocycles. The maximum absolute atomic E-state index is 12.9. The number of carbonyl (C=O) groups is 2. The number of hydrogen-bond donors (Lipinski definition) is 1. The highest BCUT2D eigenvalue weighted by atomic mass is 32.2. The van der Waals surface area contributed by atoms with Gasteiger partial charge in [-0.1, -0.05) is 23.9 Å². The quantitative estimate of drug-likeness (QED) is 0.510. The van der Waals surface area contributed by atoms with Gasteiger partial charge >= 0.3 is 0 Å². The maximum Gasteiger partial charge on any atom is 0.263 e. The average Bonchev–Trinajstić information content (AvgIpc) is 2.99. The first-order valence-electron chi connectivity index (χ1n) is 9.23. The van der Waals surface area contributed by atoms with Gasteiger partial charge in [0.05, 0.1) is 22.5 Å². The van der Waals surface area contributed by atoms with Gasteiger partial charge in [0.2, 0.25) is 11.8 Å². The number of nitrogens with zero attached hydrogens (tertiary/aromatic N) is 3. The van der Waals surface area contributed by atoms with Crippen LogP contribution in [0.1, 0.15) is 17.4 Å². The Kier molecular flexibility index (Phi) is 5.18. The van der Waals surface area contributed by atoms with E-state index in [9.17, 15) is 14.4 Å². The molecule has 7 nitrogen and oxygen atoms in total. The summed E-state index contributed by atoms with van der Waals surface area (Å²) < 4.78 is 1.61. The summed E-state index contributed by atoms with van der Waals surface area (Å²) in [7, 11) is 0. The van der Waals surface area contributed by atoms with E-state index in [1.165, 1.54) is 28.0 Å². The van der Waals surface area contributed by atoms with Gasteiger partial charge in [0.25, 0.3) is 5.56 Å². The summed E-state index contributed by atoms with van der Waals surface area (Å²) in [5.74, 6) is -0.340. The van der Waals surface area contributed by atoms with Crippen molar-refractivity contribution >= 4 is 56.5 Å². The molecule has 0 atom stereocenters. The van der Waals surface area contributed by atoms with Gasteiger partial charge in [0.15, 0.2) is 5.16 Å². The zero-order chi connectivity index (χ0) is 20.7. The fourth-order valence-corrected chi connectivity index (χ4v) is 5.37. The largest absolute Gasteiger partial charge is 0.323 e. The van der Waals surface area contributed by atoms with Crippen LogP contribution in [-0.2, 0) is 16.1 Å². The van der Waals surface area contributed by atoms with Gasteiger partial charge in [0, 0.05) is 11.4 Å². The minimum absolute atomic E-state index is 0.0211.